The maximum absolute atomic E-state index is 12.5. The molecule has 0 aliphatic heterocycles. The lowest BCUT2D eigenvalue weighted by Crippen LogP contribution is -2.26. The van der Waals surface area contributed by atoms with Crippen LogP contribution in [0.1, 0.15) is 17.3 Å². The van der Waals surface area contributed by atoms with Crippen molar-refractivity contribution in [1.29, 1.82) is 0 Å². The van der Waals surface area contributed by atoms with E-state index in [-0.39, 0.29) is 12.4 Å². The van der Waals surface area contributed by atoms with Gasteiger partial charge in [-0.15, -0.1) is 0 Å². The fourth-order valence-corrected chi connectivity index (χ4v) is 3.24. The van der Waals surface area contributed by atoms with Gasteiger partial charge in [-0.1, -0.05) is 52.3 Å². The van der Waals surface area contributed by atoms with E-state index in [2.05, 4.69) is 20.8 Å². The van der Waals surface area contributed by atoms with Crippen LogP contribution in [0.25, 0.3) is 0 Å². The van der Waals surface area contributed by atoms with E-state index in [0.717, 1.165) is 17.1 Å². The molecular weight excluding hydrogens is 418 g/mol. The standard InChI is InChI=1S/C23H20BrNO3/c1-2-28-23(27)21(24)22(26)17-13-15-20(16-14-17)25(18-9-5-3-6-10-18)19-11-7-4-8-12-19/h3-16,21H,2H2,1H3. The predicted octanol–water partition coefficient (Wildman–Crippen LogP) is 5.67. The summed E-state index contributed by atoms with van der Waals surface area (Å²) < 4.78 is 4.91. The first-order valence-electron chi connectivity index (χ1n) is 8.97. The van der Waals surface area contributed by atoms with Crippen LogP contribution in [0.2, 0.25) is 0 Å². The molecule has 0 N–H and O–H groups in total. The third kappa shape index (κ3) is 4.49. The van der Waals surface area contributed by atoms with Gasteiger partial charge in [0.2, 0.25) is 0 Å². The average Bonchev–Trinajstić information content (AvgIpc) is 2.75. The fourth-order valence-electron chi connectivity index (χ4n) is 2.84. The van der Waals surface area contributed by atoms with Crippen molar-refractivity contribution < 1.29 is 14.3 Å². The molecule has 0 fully saturated rings. The molecule has 142 valence electrons. The quantitative estimate of drug-likeness (QED) is 0.207. The Labute approximate surface area is 172 Å². The minimum atomic E-state index is -1.00. The van der Waals surface area contributed by atoms with Crippen LogP contribution in [0.15, 0.2) is 84.9 Å². The van der Waals surface area contributed by atoms with Crippen LogP contribution >= 0.6 is 15.9 Å². The summed E-state index contributed by atoms with van der Waals surface area (Å²) in [5.74, 6) is -0.900. The van der Waals surface area contributed by atoms with Gasteiger partial charge in [0.25, 0.3) is 0 Å². The second kappa shape index (κ2) is 9.33. The number of esters is 1. The number of ketones is 1. The molecular formula is C23H20BrNO3. The molecule has 0 bridgehead atoms. The summed E-state index contributed by atoms with van der Waals surface area (Å²) in [5, 5.41) is 0. The minimum absolute atomic E-state index is 0.232. The van der Waals surface area contributed by atoms with Gasteiger partial charge in [0.05, 0.1) is 6.61 Å². The Morgan fingerprint density at radius 3 is 1.75 bits per heavy atom. The lowest BCUT2D eigenvalue weighted by atomic mass is 10.1. The zero-order valence-electron chi connectivity index (χ0n) is 15.4. The molecule has 3 aromatic carbocycles. The van der Waals surface area contributed by atoms with Crippen LogP contribution in [0.3, 0.4) is 0 Å². The molecule has 0 heterocycles. The average molecular weight is 438 g/mol. The van der Waals surface area contributed by atoms with Crippen LogP contribution in [-0.2, 0) is 9.53 Å². The summed E-state index contributed by atoms with van der Waals surface area (Å²) in [5.41, 5.74) is 3.38. The summed E-state index contributed by atoms with van der Waals surface area (Å²) in [6.07, 6.45) is 0. The van der Waals surface area contributed by atoms with Crippen LogP contribution in [0, 0.1) is 0 Å². The molecule has 3 aromatic rings. The first kappa shape index (κ1) is 19.8. The van der Waals surface area contributed by atoms with Crippen molar-refractivity contribution in [1.82, 2.24) is 0 Å². The molecule has 0 aliphatic carbocycles. The number of alkyl halides is 1. The zero-order chi connectivity index (χ0) is 19.9. The Balaban J connectivity index is 1.91. The molecule has 1 atom stereocenters. The van der Waals surface area contributed by atoms with Gasteiger partial charge < -0.3 is 9.64 Å². The van der Waals surface area contributed by atoms with Crippen molar-refractivity contribution in [3.8, 4) is 0 Å². The van der Waals surface area contributed by atoms with Gasteiger partial charge >= 0.3 is 5.97 Å². The van der Waals surface area contributed by atoms with Crippen molar-refractivity contribution in [3.05, 3.63) is 90.5 Å². The molecule has 0 saturated carbocycles. The Bertz CT molecular complexity index is 888. The first-order chi connectivity index (χ1) is 13.6. The van der Waals surface area contributed by atoms with Crippen LogP contribution < -0.4 is 4.90 Å². The van der Waals surface area contributed by atoms with Gasteiger partial charge in [0.15, 0.2) is 10.6 Å². The van der Waals surface area contributed by atoms with E-state index in [0.29, 0.717) is 5.56 Å². The largest absolute Gasteiger partial charge is 0.465 e. The number of halogens is 1. The number of rotatable bonds is 7. The maximum atomic E-state index is 12.5. The first-order valence-corrected chi connectivity index (χ1v) is 9.88. The number of benzene rings is 3. The Morgan fingerprint density at radius 1 is 0.821 bits per heavy atom. The number of carbonyl (C=O) groups excluding carboxylic acids is 2. The normalized spacial score (nSPS) is 11.5. The second-order valence-corrected chi connectivity index (χ2v) is 6.95. The van der Waals surface area contributed by atoms with Gasteiger partial charge in [-0.25, -0.2) is 0 Å². The lowest BCUT2D eigenvalue weighted by Gasteiger charge is -2.25. The van der Waals surface area contributed by atoms with Crippen molar-refractivity contribution in [3.63, 3.8) is 0 Å². The van der Waals surface area contributed by atoms with Gasteiger partial charge in [-0.3, -0.25) is 9.59 Å². The van der Waals surface area contributed by atoms with E-state index in [1.165, 1.54) is 0 Å². The van der Waals surface area contributed by atoms with Crippen LogP contribution in [0.5, 0.6) is 0 Å². The zero-order valence-corrected chi connectivity index (χ0v) is 17.0. The molecule has 1 unspecified atom stereocenters. The molecule has 0 saturated heterocycles. The second-order valence-electron chi connectivity index (χ2n) is 6.03. The monoisotopic (exact) mass is 437 g/mol. The topological polar surface area (TPSA) is 46.6 Å². The third-order valence-electron chi connectivity index (χ3n) is 4.16. The Kier molecular flexibility index (Phi) is 6.61. The SMILES string of the molecule is CCOC(=O)C(Br)C(=O)c1ccc(N(c2ccccc2)c2ccccc2)cc1. The van der Waals surface area contributed by atoms with E-state index in [9.17, 15) is 9.59 Å². The molecule has 3 rings (SSSR count). The Morgan fingerprint density at radius 2 is 1.29 bits per heavy atom. The van der Waals surface area contributed by atoms with E-state index in [1.807, 2.05) is 72.8 Å². The highest BCUT2D eigenvalue weighted by Crippen LogP contribution is 2.34. The highest BCUT2D eigenvalue weighted by atomic mass is 79.9. The molecule has 28 heavy (non-hydrogen) atoms. The van der Waals surface area contributed by atoms with E-state index in [1.54, 1.807) is 19.1 Å². The molecule has 0 radical (unpaired) electrons. The summed E-state index contributed by atoms with van der Waals surface area (Å²) >= 11 is 3.13. The van der Waals surface area contributed by atoms with E-state index >= 15 is 0 Å². The summed E-state index contributed by atoms with van der Waals surface area (Å²) in [6.45, 7) is 1.94. The predicted molar refractivity (Wildman–Crippen MR) is 115 cm³/mol. The summed E-state index contributed by atoms with van der Waals surface area (Å²) in [7, 11) is 0. The number of para-hydroxylation sites is 2. The van der Waals surface area contributed by atoms with Gasteiger partial charge in [0.1, 0.15) is 0 Å². The number of hydrogen-bond donors (Lipinski definition) is 0. The summed E-state index contributed by atoms with van der Waals surface area (Å²) in [6, 6.07) is 27.2. The highest BCUT2D eigenvalue weighted by Gasteiger charge is 2.26. The van der Waals surface area contributed by atoms with Crippen molar-refractivity contribution in [2.24, 2.45) is 0 Å². The number of nitrogens with zero attached hydrogens (tertiary/aromatic N) is 1. The molecule has 0 amide bonds. The fraction of sp³-hybridized carbons (Fsp3) is 0.130. The maximum Gasteiger partial charge on any atom is 0.327 e. The highest BCUT2D eigenvalue weighted by molar-refractivity contribution is 9.10. The number of hydrogen-bond acceptors (Lipinski definition) is 4. The Hall–Kier alpha value is -2.92. The smallest absolute Gasteiger partial charge is 0.327 e. The van der Waals surface area contributed by atoms with Gasteiger partial charge in [-0.05, 0) is 55.5 Å². The van der Waals surface area contributed by atoms with Crippen LogP contribution in [0.4, 0.5) is 17.1 Å². The molecule has 4 nitrogen and oxygen atoms in total. The molecule has 5 heteroatoms. The summed E-state index contributed by atoms with van der Waals surface area (Å²) in [4.78, 5) is 25.4. The van der Waals surface area contributed by atoms with Crippen molar-refractivity contribution >= 4 is 44.7 Å². The van der Waals surface area contributed by atoms with Crippen LogP contribution in [-0.4, -0.2) is 23.2 Å². The van der Waals surface area contributed by atoms with Crippen molar-refractivity contribution in [2.75, 3.05) is 11.5 Å². The number of Topliss-reactive ketones (excluding diaryl/α,β-unsaturated/α-hetero) is 1. The lowest BCUT2D eigenvalue weighted by molar-refractivity contribution is -0.141. The third-order valence-corrected chi connectivity index (χ3v) is 4.95. The van der Waals surface area contributed by atoms with Crippen molar-refractivity contribution in [2.45, 2.75) is 11.8 Å². The van der Waals surface area contributed by atoms with E-state index < -0.39 is 10.8 Å². The molecule has 0 aliphatic rings. The van der Waals surface area contributed by atoms with Gasteiger partial charge in [-0.2, -0.15) is 0 Å². The number of anilines is 3. The number of carbonyl (C=O) groups is 2. The van der Waals surface area contributed by atoms with Gasteiger partial charge in [0, 0.05) is 22.6 Å². The van der Waals surface area contributed by atoms with E-state index in [4.69, 9.17) is 4.74 Å². The molecule has 0 spiro atoms. The number of ether oxygens (including phenoxy) is 1. The minimum Gasteiger partial charge on any atom is -0.465 e. The molecule has 0 aromatic heterocycles.